The minimum Gasteiger partial charge on any atom is -0.497 e. The van der Waals surface area contributed by atoms with Crippen LogP contribution < -0.4 is 9.64 Å². The summed E-state index contributed by atoms with van der Waals surface area (Å²) in [5.41, 5.74) is 2.07. The Morgan fingerprint density at radius 1 is 1.04 bits per heavy atom. The van der Waals surface area contributed by atoms with Gasteiger partial charge in [0.2, 0.25) is 5.91 Å². The number of carbonyl (C=O) groups is 1. The molecule has 1 heterocycles. The number of hydrogen-bond donors (Lipinski definition) is 0. The van der Waals surface area contributed by atoms with Crippen molar-refractivity contribution in [3.05, 3.63) is 54.1 Å². The molecule has 0 aromatic heterocycles. The van der Waals surface area contributed by atoms with Gasteiger partial charge in [0.1, 0.15) is 5.75 Å². The van der Waals surface area contributed by atoms with Crippen LogP contribution >= 0.6 is 0 Å². The molecule has 0 unspecified atom stereocenters. The number of nitrogens with zero attached hydrogens (tertiary/aromatic N) is 2. The molecule has 0 atom stereocenters. The van der Waals surface area contributed by atoms with E-state index in [-0.39, 0.29) is 23.0 Å². The van der Waals surface area contributed by atoms with Crippen molar-refractivity contribution in [3.8, 4) is 5.75 Å². The first kappa shape index (κ1) is 20.2. The molecule has 0 radical (unpaired) electrons. The van der Waals surface area contributed by atoms with Gasteiger partial charge >= 0.3 is 0 Å². The second-order valence-corrected chi connectivity index (χ2v) is 9.06. The number of methoxy groups -OCH3 is 1. The van der Waals surface area contributed by atoms with E-state index >= 15 is 0 Å². The highest BCUT2D eigenvalue weighted by molar-refractivity contribution is 7.91. The molecule has 6 nitrogen and oxygen atoms in total. The highest BCUT2D eigenvalue weighted by atomic mass is 32.2. The van der Waals surface area contributed by atoms with Gasteiger partial charge in [0.05, 0.1) is 17.8 Å². The summed E-state index contributed by atoms with van der Waals surface area (Å²) in [7, 11) is -1.80. The summed E-state index contributed by atoms with van der Waals surface area (Å²) in [5.74, 6) is 0.531. The van der Waals surface area contributed by atoms with Crippen LogP contribution in [0.5, 0.6) is 5.75 Å². The van der Waals surface area contributed by atoms with Crippen LogP contribution in [0.2, 0.25) is 0 Å². The van der Waals surface area contributed by atoms with Crippen molar-refractivity contribution in [1.29, 1.82) is 0 Å². The summed E-state index contributed by atoms with van der Waals surface area (Å²) in [4.78, 5) is 16.7. The van der Waals surface area contributed by atoms with Crippen molar-refractivity contribution in [3.63, 3.8) is 0 Å². The molecule has 3 rings (SSSR count). The van der Waals surface area contributed by atoms with E-state index in [9.17, 15) is 13.2 Å². The Morgan fingerprint density at radius 2 is 1.71 bits per heavy atom. The molecule has 1 amide bonds. The lowest BCUT2D eigenvalue weighted by molar-refractivity contribution is -0.131. The highest BCUT2D eigenvalue weighted by Crippen LogP contribution is 2.22. The Labute approximate surface area is 166 Å². The van der Waals surface area contributed by atoms with Crippen LogP contribution in [0.3, 0.4) is 0 Å². The highest BCUT2D eigenvalue weighted by Gasteiger charge is 2.23. The fourth-order valence-electron chi connectivity index (χ4n) is 3.26. The molecule has 0 bridgehead atoms. The van der Waals surface area contributed by atoms with Gasteiger partial charge in [-0.05, 0) is 31.2 Å². The van der Waals surface area contributed by atoms with Gasteiger partial charge in [0, 0.05) is 44.4 Å². The molecular weight excluding hydrogens is 376 g/mol. The second kappa shape index (κ2) is 8.65. The zero-order valence-electron chi connectivity index (χ0n) is 16.3. The number of piperazine rings is 1. The number of aryl methyl sites for hydroxylation is 1. The molecule has 2 aromatic carbocycles. The summed E-state index contributed by atoms with van der Waals surface area (Å²) in [5, 5.41) is 0. The normalized spacial score (nSPS) is 14.8. The van der Waals surface area contributed by atoms with E-state index in [1.807, 2.05) is 31.2 Å². The third kappa shape index (κ3) is 4.84. The third-order valence-electron chi connectivity index (χ3n) is 5.02. The van der Waals surface area contributed by atoms with Crippen molar-refractivity contribution in [2.24, 2.45) is 0 Å². The van der Waals surface area contributed by atoms with Crippen molar-refractivity contribution in [2.75, 3.05) is 43.9 Å². The maximum Gasteiger partial charge on any atom is 0.223 e. The number of sulfone groups is 1. The SMILES string of the molecule is COc1cccc(N2CCN(C(=O)CCS(=O)(=O)c3ccc(C)cc3)CC2)c1. The van der Waals surface area contributed by atoms with E-state index in [0.717, 1.165) is 17.0 Å². The summed E-state index contributed by atoms with van der Waals surface area (Å²) >= 11 is 0. The van der Waals surface area contributed by atoms with Crippen molar-refractivity contribution < 1.29 is 17.9 Å². The van der Waals surface area contributed by atoms with E-state index in [2.05, 4.69) is 4.90 Å². The van der Waals surface area contributed by atoms with Crippen LogP contribution in [-0.4, -0.2) is 58.3 Å². The van der Waals surface area contributed by atoms with Crippen LogP contribution in [0.4, 0.5) is 5.69 Å². The zero-order chi connectivity index (χ0) is 20.1. The summed E-state index contributed by atoms with van der Waals surface area (Å²) in [6, 6.07) is 14.6. The first-order valence-electron chi connectivity index (χ1n) is 9.35. The fraction of sp³-hybridized carbons (Fsp3) is 0.381. The van der Waals surface area contributed by atoms with Crippen LogP contribution in [-0.2, 0) is 14.6 Å². The molecule has 1 aliphatic rings. The van der Waals surface area contributed by atoms with Crippen LogP contribution in [0.15, 0.2) is 53.4 Å². The summed E-state index contributed by atoms with van der Waals surface area (Å²) in [6.45, 7) is 4.50. The Bertz CT molecular complexity index is 918. The Kier molecular flexibility index (Phi) is 6.24. The molecule has 0 aliphatic carbocycles. The Hall–Kier alpha value is -2.54. The predicted octanol–water partition coefficient (Wildman–Crippen LogP) is 2.52. The summed E-state index contributed by atoms with van der Waals surface area (Å²) in [6.07, 6.45) is 0.00930. The molecule has 0 spiro atoms. The number of ether oxygens (including phenoxy) is 1. The first-order chi connectivity index (χ1) is 13.4. The Balaban J connectivity index is 1.53. The van der Waals surface area contributed by atoms with Gasteiger partial charge in [-0.3, -0.25) is 4.79 Å². The minimum absolute atomic E-state index is 0.00930. The van der Waals surface area contributed by atoms with E-state index in [1.54, 1.807) is 36.3 Å². The lowest BCUT2D eigenvalue weighted by Gasteiger charge is -2.36. The average molecular weight is 403 g/mol. The molecule has 7 heteroatoms. The minimum atomic E-state index is -3.44. The monoisotopic (exact) mass is 402 g/mol. The van der Waals surface area contributed by atoms with Gasteiger partial charge in [-0.1, -0.05) is 23.8 Å². The van der Waals surface area contributed by atoms with Crippen LogP contribution in [0.1, 0.15) is 12.0 Å². The standard InChI is InChI=1S/C21H26N2O4S/c1-17-6-8-20(9-7-17)28(25,26)15-10-21(24)23-13-11-22(12-14-23)18-4-3-5-19(16-18)27-2/h3-9,16H,10-15H2,1-2H3. The predicted molar refractivity (Wildman–Crippen MR) is 110 cm³/mol. The molecule has 0 saturated carbocycles. The Morgan fingerprint density at radius 3 is 2.36 bits per heavy atom. The third-order valence-corrected chi connectivity index (χ3v) is 6.75. The van der Waals surface area contributed by atoms with Gasteiger partial charge in [-0.15, -0.1) is 0 Å². The zero-order valence-corrected chi connectivity index (χ0v) is 17.1. The average Bonchev–Trinajstić information content (AvgIpc) is 2.72. The number of benzene rings is 2. The number of rotatable bonds is 6. The molecule has 150 valence electrons. The fourth-order valence-corrected chi connectivity index (χ4v) is 4.49. The van der Waals surface area contributed by atoms with E-state index in [4.69, 9.17) is 4.74 Å². The molecule has 1 saturated heterocycles. The molecule has 28 heavy (non-hydrogen) atoms. The molecule has 1 aliphatic heterocycles. The second-order valence-electron chi connectivity index (χ2n) is 6.95. The summed E-state index contributed by atoms with van der Waals surface area (Å²) < 4.78 is 30.1. The molecule has 1 fully saturated rings. The number of hydrogen-bond acceptors (Lipinski definition) is 5. The van der Waals surface area contributed by atoms with Gasteiger partial charge in [0.15, 0.2) is 9.84 Å². The first-order valence-corrected chi connectivity index (χ1v) is 11.0. The lowest BCUT2D eigenvalue weighted by atomic mass is 10.2. The van der Waals surface area contributed by atoms with Crippen molar-refractivity contribution in [1.82, 2.24) is 4.90 Å². The lowest BCUT2D eigenvalue weighted by Crippen LogP contribution is -2.49. The number of carbonyl (C=O) groups excluding carboxylic acids is 1. The molecule has 0 N–H and O–H groups in total. The van der Waals surface area contributed by atoms with E-state index < -0.39 is 9.84 Å². The van der Waals surface area contributed by atoms with Gasteiger partial charge < -0.3 is 14.5 Å². The molecular formula is C21H26N2O4S. The van der Waals surface area contributed by atoms with E-state index in [0.29, 0.717) is 26.2 Å². The number of anilines is 1. The maximum atomic E-state index is 12.5. The maximum absolute atomic E-state index is 12.5. The van der Waals surface area contributed by atoms with Crippen LogP contribution in [0.25, 0.3) is 0 Å². The van der Waals surface area contributed by atoms with Crippen LogP contribution in [0, 0.1) is 6.92 Å². The van der Waals surface area contributed by atoms with Gasteiger partial charge in [-0.2, -0.15) is 0 Å². The topological polar surface area (TPSA) is 66.9 Å². The van der Waals surface area contributed by atoms with Gasteiger partial charge in [-0.25, -0.2) is 8.42 Å². The van der Waals surface area contributed by atoms with E-state index in [1.165, 1.54) is 0 Å². The number of amides is 1. The quantitative estimate of drug-likeness (QED) is 0.743. The smallest absolute Gasteiger partial charge is 0.223 e. The van der Waals surface area contributed by atoms with Gasteiger partial charge in [0.25, 0.3) is 0 Å². The molecule has 2 aromatic rings. The van der Waals surface area contributed by atoms with Crippen molar-refractivity contribution >= 4 is 21.4 Å². The largest absolute Gasteiger partial charge is 0.497 e. The van der Waals surface area contributed by atoms with Crippen molar-refractivity contribution in [2.45, 2.75) is 18.2 Å².